The van der Waals surface area contributed by atoms with E-state index in [1.165, 1.54) is 12.1 Å². The fraction of sp³-hybridized carbons (Fsp3) is 0.375. The zero-order chi connectivity index (χ0) is 21.7. The number of nitrogens with one attached hydrogen (secondary N) is 1. The molecule has 2 saturated carbocycles. The molecule has 0 spiro atoms. The summed E-state index contributed by atoms with van der Waals surface area (Å²) in [6, 6.07) is 11.8. The van der Waals surface area contributed by atoms with Crippen LogP contribution < -0.4 is 14.8 Å². The standard InChI is InChI=1S/C24H22FN3O4/c25-17-3-1-2-13(8-17)11-26-23(29)20-14-4-5-15(9-14)21(20)24-27-22(28-32-24)16-6-7-18-19(10-16)31-12-30-18/h1-3,6-8,10,14-15,20-21H,4-5,9,11-12H2,(H,26,29)/t14-,15+,20-,21-/m0/s1. The molecule has 1 aromatic heterocycles. The van der Waals surface area contributed by atoms with Crippen molar-refractivity contribution in [3.8, 4) is 22.9 Å². The van der Waals surface area contributed by atoms with Gasteiger partial charge >= 0.3 is 0 Å². The fourth-order valence-corrected chi connectivity index (χ4v) is 5.50. The van der Waals surface area contributed by atoms with E-state index in [2.05, 4.69) is 15.5 Å². The van der Waals surface area contributed by atoms with Crippen molar-refractivity contribution in [2.24, 2.45) is 17.8 Å². The van der Waals surface area contributed by atoms with Gasteiger partial charge in [-0.1, -0.05) is 17.3 Å². The van der Waals surface area contributed by atoms with E-state index in [0.29, 0.717) is 41.6 Å². The SMILES string of the molecule is O=C(NCc1cccc(F)c1)[C@H]1[C@H]2CC[C@H](C2)[C@@H]1c1nc(-c2ccc3c(c2)OCO3)no1. The van der Waals surface area contributed by atoms with Gasteiger partial charge in [-0.2, -0.15) is 4.98 Å². The number of hydrogen-bond donors (Lipinski definition) is 1. The molecule has 1 aliphatic heterocycles. The molecule has 0 unspecified atom stereocenters. The molecule has 164 valence electrons. The van der Waals surface area contributed by atoms with Crippen molar-refractivity contribution < 1.29 is 23.2 Å². The number of amides is 1. The quantitative estimate of drug-likeness (QED) is 0.651. The first-order chi connectivity index (χ1) is 15.7. The molecule has 2 aromatic carbocycles. The fourth-order valence-electron chi connectivity index (χ4n) is 5.50. The van der Waals surface area contributed by atoms with Crippen molar-refractivity contribution in [1.82, 2.24) is 15.5 Å². The lowest BCUT2D eigenvalue weighted by molar-refractivity contribution is -0.127. The molecule has 2 fully saturated rings. The van der Waals surface area contributed by atoms with E-state index < -0.39 is 0 Å². The highest BCUT2D eigenvalue weighted by Gasteiger charge is 2.53. The van der Waals surface area contributed by atoms with E-state index >= 15 is 0 Å². The molecule has 6 rings (SSSR count). The Kier molecular flexibility index (Phi) is 4.59. The molecule has 0 saturated heterocycles. The van der Waals surface area contributed by atoms with Gasteiger partial charge in [-0.3, -0.25) is 4.79 Å². The molecule has 1 N–H and O–H groups in total. The molecule has 7 nitrogen and oxygen atoms in total. The van der Waals surface area contributed by atoms with E-state index in [1.54, 1.807) is 12.1 Å². The second-order valence-corrected chi connectivity index (χ2v) is 8.76. The van der Waals surface area contributed by atoms with Gasteiger partial charge in [-0.05, 0) is 67.0 Å². The van der Waals surface area contributed by atoms with Gasteiger partial charge in [0, 0.05) is 12.1 Å². The maximum atomic E-state index is 13.5. The van der Waals surface area contributed by atoms with Crippen LogP contribution in [0.25, 0.3) is 11.4 Å². The molecule has 3 aromatic rings. The minimum absolute atomic E-state index is 0.0331. The lowest BCUT2D eigenvalue weighted by atomic mass is 9.78. The Labute approximate surface area is 183 Å². The van der Waals surface area contributed by atoms with E-state index in [-0.39, 0.29) is 30.4 Å². The number of carbonyl (C=O) groups is 1. The summed E-state index contributed by atoms with van der Waals surface area (Å²) in [6.45, 7) is 0.497. The predicted octanol–water partition coefficient (Wildman–Crippen LogP) is 4.05. The number of aromatic nitrogens is 2. The second kappa shape index (κ2) is 7.62. The van der Waals surface area contributed by atoms with Crippen molar-refractivity contribution in [2.75, 3.05) is 6.79 Å². The summed E-state index contributed by atoms with van der Waals surface area (Å²) in [6.07, 6.45) is 3.08. The summed E-state index contributed by atoms with van der Waals surface area (Å²) in [4.78, 5) is 17.8. The monoisotopic (exact) mass is 435 g/mol. The average Bonchev–Trinajstić information content (AvgIpc) is 3.59. The van der Waals surface area contributed by atoms with Gasteiger partial charge in [0.2, 0.25) is 24.4 Å². The molecule has 0 radical (unpaired) electrons. The summed E-state index contributed by atoms with van der Waals surface area (Å²) >= 11 is 0. The van der Waals surface area contributed by atoms with Crippen LogP contribution in [0.4, 0.5) is 4.39 Å². The van der Waals surface area contributed by atoms with Crippen LogP contribution in [0.2, 0.25) is 0 Å². The Bertz CT molecular complexity index is 1180. The largest absolute Gasteiger partial charge is 0.454 e. The second-order valence-electron chi connectivity index (χ2n) is 8.76. The van der Waals surface area contributed by atoms with Gasteiger partial charge in [0.25, 0.3) is 0 Å². The first-order valence-corrected chi connectivity index (χ1v) is 10.9. The highest BCUT2D eigenvalue weighted by atomic mass is 19.1. The Balaban J connectivity index is 1.22. The Hall–Kier alpha value is -3.42. The van der Waals surface area contributed by atoms with Crippen molar-refractivity contribution in [3.63, 3.8) is 0 Å². The molecule has 2 heterocycles. The zero-order valence-electron chi connectivity index (χ0n) is 17.3. The van der Waals surface area contributed by atoms with Crippen LogP contribution in [0.3, 0.4) is 0 Å². The number of fused-ring (bicyclic) bond motifs is 3. The highest BCUT2D eigenvalue weighted by Crippen LogP contribution is 2.56. The predicted molar refractivity (Wildman–Crippen MR) is 111 cm³/mol. The zero-order valence-corrected chi connectivity index (χ0v) is 17.3. The Morgan fingerprint density at radius 2 is 1.97 bits per heavy atom. The van der Waals surface area contributed by atoms with Crippen LogP contribution in [-0.2, 0) is 11.3 Å². The molecule has 2 bridgehead atoms. The molecular weight excluding hydrogens is 413 g/mol. The summed E-state index contributed by atoms with van der Waals surface area (Å²) in [5, 5.41) is 7.17. The van der Waals surface area contributed by atoms with Crippen LogP contribution >= 0.6 is 0 Å². The van der Waals surface area contributed by atoms with Gasteiger partial charge in [0.1, 0.15) is 5.82 Å². The number of benzene rings is 2. The van der Waals surface area contributed by atoms with Gasteiger partial charge in [0.15, 0.2) is 11.5 Å². The smallest absolute Gasteiger partial charge is 0.231 e. The summed E-state index contributed by atoms with van der Waals surface area (Å²) < 4.78 is 29.9. The van der Waals surface area contributed by atoms with Gasteiger partial charge in [-0.25, -0.2) is 4.39 Å². The Morgan fingerprint density at radius 1 is 1.09 bits per heavy atom. The summed E-state index contributed by atoms with van der Waals surface area (Å²) in [5.74, 6) is 2.34. The van der Waals surface area contributed by atoms with Crippen LogP contribution in [-0.4, -0.2) is 22.8 Å². The van der Waals surface area contributed by atoms with Crippen LogP contribution in [0.15, 0.2) is 47.0 Å². The molecule has 32 heavy (non-hydrogen) atoms. The number of halogens is 1. The van der Waals surface area contributed by atoms with Gasteiger partial charge < -0.3 is 19.3 Å². The number of nitrogens with zero attached hydrogens (tertiary/aromatic N) is 2. The summed E-state index contributed by atoms with van der Waals surface area (Å²) in [5.41, 5.74) is 1.51. The number of carbonyl (C=O) groups excluding carboxylic acids is 1. The normalized spacial score (nSPS) is 25.3. The van der Waals surface area contributed by atoms with E-state index in [4.69, 9.17) is 14.0 Å². The average molecular weight is 435 g/mol. The van der Waals surface area contributed by atoms with Gasteiger partial charge in [0.05, 0.1) is 11.8 Å². The number of hydrogen-bond acceptors (Lipinski definition) is 6. The van der Waals surface area contributed by atoms with Gasteiger partial charge in [-0.15, -0.1) is 0 Å². The maximum absolute atomic E-state index is 13.5. The van der Waals surface area contributed by atoms with Crippen molar-refractivity contribution in [3.05, 3.63) is 59.7 Å². The number of rotatable bonds is 5. The van der Waals surface area contributed by atoms with Crippen molar-refractivity contribution in [1.29, 1.82) is 0 Å². The third-order valence-corrected chi connectivity index (χ3v) is 6.93. The minimum atomic E-state index is -0.309. The van der Waals surface area contributed by atoms with E-state index in [0.717, 1.165) is 30.4 Å². The Morgan fingerprint density at radius 3 is 2.88 bits per heavy atom. The molecular formula is C24H22FN3O4. The summed E-state index contributed by atoms with van der Waals surface area (Å²) in [7, 11) is 0. The van der Waals surface area contributed by atoms with E-state index in [1.807, 2.05) is 18.2 Å². The molecule has 3 aliphatic rings. The van der Waals surface area contributed by atoms with Crippen molar-refractivity contribution in [2.45, 2.75) is 31.7 Å². The van der Waals surface area contributed by atoms with Crippen LogP contribution in [0, 0.1) is 23.6 Å². The van der Waals surface area contributed by atoms with Crippen LogP contribution in [0.5, 0.6) is 11.5 Å². The first kappa shape index (κ1) is 19.3. The number of ether oxygens (including phenoxy) is 2. The van der Waals surface area contributed by atoms with Crippen LogP contribution in [0.1, 0.15) is 36.6 Å². The topological polar surface area (TPSA) is 86.5 Å². The lowest BCUT2D eigenvalue weighted by Crippen LogP contribution is -2.37. The molecule has 1 amide bonds. The van der Waals surface area contributed by atoms with E-state index in [9.17, 15) is 9.18 Å². The third kappa shape index (κ3) is 3.30. The minimum Gasteiger partial charge on any atom is -0.454 e. The first-order valence-electron chi connectivity index (χ1n) is 10.9. The molecule has 4 atom stereocenters. The molecule has 2 aliphatic carbocycles. The van der Waals surface area contributed by atoms with Crippen molar-refractivity contribution >= 4 is 5.91 Å². The third-order valence-electron chi connectivity index (χ3n) is 6.93. The molecule has 8 heteroatoms. The highest BCUT2D eigenvalue weighted by molar-refractivity contribution is 5.80. The maximum Gasteiger partial charge on any atom is 0.231 e. The lowest BCUT2D eigenvalue weighted by Gasteiger charge is -2.27.